The molecule has 1 aliphatic rings. The summed E-state index contributed by atoms with van der Waals surface area (Å²) in [5, 5.41) is 13.7. The molecular formula is C23H25N5O4. The first-order valence-electron chi connectivity index (χ1n) is 10.3. The molecule has 2 N–H and O–H groups in total. The van der Waals surface area contributed by atoms with Gasteiger partial charge in [0, 0.05) is 12.2 Å². The van der Waals surface area contributed by atoms with E-state index in [0.29, 0.717) is 23.7 Å². The third kappa shape index (κ3) is 4.41. The molecule has 166 valence electrons. The summed E-state index contributed by atoms with van der Waals surface area (Å²) in [5.74, 6) is 0.760. The molecule has 32 heavy (non-hydrogen) atoms. The molecule has 0 aliphatic carbocycles. The Balaban J connectivity index is 1.38. The maximum absolute atomic E-state index is 12.8. The monoisotopic (exact) mass is 435 g/mol. The van der Waals surface area contributed by atoms with E-state index in [2.05, 4.69) is 20.9 Å². The molecule has 1 aliphatic heterocycles. The number of rotatable bonds is 6. The topological polar surface area (TPSA) is 107 Å². The number of nitrogens with zero attached hydrogens (tertiary/aromatic N) is 3. The fourth-order valence-electron chi connectivity index (χ4n) is 3.71. The van der Waals surface area contributed by atoms with Crippen LogP contribution in [0.4, 0.5) is 5.69 Å². The van der Waals surface area contributed by atoms with Crippen LogP contribution in [0.3, 0.4) is 0 Å². The molecule has 0 spiro atoms. The van der Waals surface area contributed by atoms with E-state index in [-0.39, 0.29) is 30.8 Å². The number of amides is 2. The fraction of sp³-hybridized carbons (Fsp3) is 0.304. The Morgan fingerprint density at radius 2 is 1.75 bits per heavy atom. The minimum Gasteiger partial charge on any atom is -0.454 e. The van der Waals surface area contributed by atoms with Gasteiger partial charge in [-0.25, -0.2) is 4.68 Å². The number of nitrogens with one attached hydrogen (secondary N) is 2. The van der Waals surface area contributed by atoms with Crippen molar-refractivity contribution in [3.63, 3.8) is 0 Å². The number of fused-ring (bicyclic) bond motifs is 1. The van der Waals surface area contributed by atoms with E-state index in [1.165, 1.54) is 4.68 Å². The van der Waals surface area contributed by atoms with Crippen LogP contribution >= 0.6 is 0 Å². The Labute approximate surface area is 185 Å². The number of benzene rings is 2. The van der Waals surface area contributed by atoms with Crippen LogP contribution in [0.1, 0.15) is 38.4 Å². The maximum Gasteiger partial charge on any atom is 0.278 e. The summed E-state index contributed by atoms with van der Waals surface area (Å²) in [6, 6.07) is 9.54. The second kappa shape index (κ2) is 8.70. The van der Waals surface area contributed by atoms with Gasteiger partial charge >= 0.3 is 0 Å². The zero-order valence-electron chi connectivity index (χ0n) is 18.5. The molecule has 0 saturated carbocycles. The first-order valence-corrected chi connectivity index (χ1v) is 10.3. The van der Waals surface area contributed by atoms with Crippen molar-refractivity contribution in [1.29, 1.82) is 0 Å². The van der Waals surface area contributed by atoms with Crippen molar-refractivity contribution >= 4 is 17.5 Å². The van der Waals surface area contributed by atoms with Crippen molar-refractivity contribution in [2.45, 2.75) is 40.8 Å². The zero-order valence-corrected chi connectivity index (χ0v) is 18.5. The van der Waals surface area contributed by atoms with Gasteiger partial charge in [-0.3, -0.25) is 9.59 Å². The number of anilines is 1. The molecular weight excluding hydrogens is 410 g/mol. The molecule has 1 aromatic heterocycles. The molecule has 0 saturated heterocycles. The van der Waals surface area contributed by atoms with E-state index in [0.717, 1.165) is 27.9 Å². The minimum absolute atomic E-state index is 0.0424. The van der Waals surface area contributed by atoms with Gasteiger partial charge in [-0.2, -0.15) is 0 Å². The summed E-state index contributed by atoms with van der Waals surface area (Å²) >= 11 is 0. The SMILES string of the molecule is Cc1cc(C)c(NC(=O)c2nnn(CC(=O)NCc3ccc4c(c3)OCO4)c2C)c(C)c1. The molecule has 2 heterocycles. The lowest BCUT2D eigenvalue weighted by atomic mass is 10.0. The number of carbonyl (C=O) groups is 2. The van der Waals surface area contributed by atoms with Crippen LogP contribution in [-0.4, -0.2) is 33.6 Å². The first kappa shape index (κ1) is 21.4. The molecule has 9 nitrogen and oxygen atoms in total. The Bertz CT molecular complexity index is 1180. The van der Waals surface area contributed by atoms with E-state index in [9.17, 15) is 9.59 Å². The highest BCUT2D eigenvalue weighted by Gasteiger charge is 2.20. The normalized spacial score (nSPS) is 12.0. The molecule has 3 aromatic rings. The average molecular weight is 435 g/mol. The lowest BCUT2D eigenvalue weighted by molar-refractivity contribution is -0.122. The van der Waals surface area contributed by atoms with E-state index in [1.54, 1.807) is 6.92 Å². The Kier molecular flexibility index (Phi) is 5.81. The summed E-state index contributed by atoms with van der Waals surface area (Å²) in [6.07, 6.45) is 0. The van der Waals surface area contributed by atoms with Gasteiger partial charge in [0.25, 0.3) is 5.91 Å². The van der Waals surface area contributed by atoms with Crippen molar-refractivity contribution in [3.8, 4) is 11.5 Å². The predicted molar refractivity (Wildman–Crippen MR) is 118 cm³/mol. The number of aryl methyl sites for hydroxylation is 3. The van der Waals surface area contributed by atoms with Gasteiger partial charge in [0.1, 0.15) is 6.54 Å². The van der Waals surface area contributed by atoms with E-state index in [4.69, 9.17) is 9.47 Å². The lowest BCUT2D eigenvalue weighted by Crippen LogP contribution is -2.28. The average Bonchev–Trinajstić information content (AvgIpc) is 3.35. The standard InChI is InChI=1S/C23H25N5O4/c1-13-7-14(2)21(15(3)8-13)25-23(30)22-16(4)28(27-26-22)11-20(29)24-10-17-5-6-18-19(9-17)32-12-31-18/h5-9H,10-12H2,1-4H3,(H,24,29)(H,25,30). The molecule has 9 heteroatoms. The molecule has 0 radical (unpaired) electrons. The molecule has 2 aromatic carbocycles. The van der Waals surface area contributed by atoms with Crippen LogP contribution in [0, 0.1) is 27.7 Å². The van der Waals surface area contributed by atoms with E-state index < -0.39 is 0 Å². The summed E-state index contributed by atoms with van der Waals surface area (Å²) in [6.45, 7) is 8.12. The van der Waals surface area contributed by atoms with Gasteiger partial charge in [0.2, 0.25) is 12.7 Å². The Hall–Kier alpha value is -3.88. The number of hydrogen-bond acceptors (Lipinski definition) is 6. The van der Waals surface area contributed by atoms with Gasteiger partial charge in [-0.1, -0.05) is 29.0 Å². The molecule has 0 bridgehead atoms. The minimum atomic E-state index is -0.357. The van der Waals surface area contributed by atoms with Crippen LogP contribution in [0.15, 0.2) is 30.3 Å². The van der Waals surface area contributed by atoms with Crippen molar-refractivity contribution in [3.05, 3.63) is 64.0 Å². The summed E-state index contributed by atoms with van der Waals surface area (Å²) in [7, 11) is 0. The van der Waals surface area contributed by atoms with Gasteiger partial charge < -0.3 is 20.1 Å². The molecule has 2 amide bonds. The van der Waals surface area contributed by atoms with Crippen molar-refractivity contribution in [2.24, 2.45) is 0 Å². The predicted octanol–water partition coefficient (Wildman–Crippen LogP) is 2.81. The molecule has 0 atom stereocenters. The Morgan fingerprint density at radius 3 is 2.50 bits per heavy atom. The second-order valence-corrected chi connectivity index (χ2v) is 7.87. The quantitative estimate of drug-likeness (QED) is 0.617. The maximum atomic E-state index is 12.8. The fourth-order valence-corrected chi connectivity index (χ4v) is 3.71. The van der Waals surface area contributed by atoms with Crippen LogP contribution in [0.25, 0.3) is 0 Å². The second-order valence-electron chi connectivity index (χ2n) is 7.87. The van der Waals surface area contributed by atoms with Gasteiger partial charge in [-0.05, 0) is 56.5 Å². The van der Waals surface area contributed by atoms with Crippen LogP contribution < -0.4 is 20.1 Å². The Morgan fingerprint density at radius 1 is 1.03 bits per heavy atom. The summed E-state index contributed by atoms with van der Waals surface area (Å²) in [4.78, 5) is 25.2. The third-order valence-corrected chi connectivity index (χ3v) is 5.33. The molecule has 4 rings (SSSR count). The van der Waals surface area contributed by atoms with Gasteiger partial charge in [0.05, 0.1) is 5.69 Å². The molecule has 0 fully saturated rings. The third-order valence-electron chi connectivity index (χ3n) is 5.33. The van der Waals surface area contributed by atoms with Crippen molar-refractivity contribution < 1.29 is 19.1 Å². The number of ether oxygens (including phenoxy) is 2. The van der Waals surface area contributed by atoms with Crippen molar-refractivity contribution in [1.82, 2.24) is 20.3 Å². The smallest absolute Gasteiger partial charge is 0.278 e. The number of carbonyl (C=O) groups excluding carboxylic acids is 2. The van der Waals surface area contributed by atoms with Gasteiger partial charge in [-0.15, -0.1) is 5.10 Å². The lowest BCUT2D eigenvalue weighted by Gasteiger charge is -2.12. The first-order chi connectivity index (χ1) is 15.3. The highest BCUT2D eigenvalue weighted by Crippen LogP contribution is 2.32. The van der Waals surface area contributed by atoms with Crippen LogP contribution in [0.2, 0.25) is 0 Å². The summed E-state index contributed by atoms with van der Waals surface area (Å²) < 4.78 is 12.1. The van der Waals surface area contributed by atoms with E-state index >= 15 is 0 Å². The summed E-state index contributed by atoms with van der Waals surface area (Å²) in [5.41, 5.74) is 5.44. The van der Waals surface area contributed by atoms with Crippen LogP contribution in [-0.2, 0) is 17.9 Å². The number of hydrogen-bond donors (Lipinski definition) is 2. The largest absolute Gasteiger partial charge is 0.454 e. The zero-order chi connectivity index (χ0) is 22.8. The van der Waals surface area contributed by atoms with Crippen molar-refractivity contribution in [2.75, 3.05) is 12.1 Å². The highest BCUT2D eigenvalue weighted by molar-refractivity contribution is 6.04. The van der Waals surface area contributed by atoms with Crippen LogP contribution in [0.5, 0.6) is 11.5 Å². The van der Waals surface area contributed by atoms with E-state index in [1.807, 2.05) is 51.1 Å². The number of aromatic nitrogens is 3. The molecule has 0 unspecified atom stereocenters. The van der Waals surface area contributed by atoms with Gasteiger partial charge in [0.15, 0.2) is 17.2 Å². The highest BCUT2D eigenvalue weighted by atomic mass is 16.7.